The number of rotatable bonds is 4. The quantitative estimate of drug-likeness (QED) is 0.775. The highest BCUT2D eigenvalue weighted by Gasteiger charge is 2.27. The van der Waals surface area contributed by atoms with Crippen LogP contribution in [0.15, 0.2) is 22.7 Å². The maximum Gasteiger partial charge on any atom is 0.407 e. The Morgan fingerprint density at radius 1 is 1.23 bits per heavy atom. The molecule has 3 amide bonds. The standard InChI is InChI=1S/C18H24BrN3O4/c1-11-6-12(2)10-22(9-11)17(24)14-7-13(19)4-5-15(14)21-16(23)8-20-18(25)26-3/h4-5,7,11-12H,6,8-10H2,1-3H3,(H,20,25)(H,21,23)/t11-,12+. The highest BCUT2D eigenvalue weighted by Crippen LogP contribution is 2.27. The van der Waals surface area contributed by atoms with E-state index >= 15 is 0 Å². The van der Waals surface area contributed by atoms with E-state index in [1.165, 1.54) is 7.11 Å². The van der Waals surface area contributed by atoms with E-state index in [4.69, 9.17) is 0 Å². The molecule has 0 radical (unpaired) electrons. The number of anilines is 1. The molecule has 1 aliphatic rings. The fourth-order valence-corrected chi connectivity index (χ4v) is 3.58. The van der Waals surface area contributed by atoms with Gasteiger partial charge in [0.25, 0.3) is 5.91 Å². The molecule has 0 bridgehead atoms. The number of carbonyl (C=O) groups excluding carboxylic acids is 3. The number of halogens is 1. The lowest BCUT2D eigenvalue weighted by atomic mass is 9.91. The molecule has 1 heterocycles. The summed E-state index contributed by atoms with van der Waals surface area (Å²) < 4.78 is 5.19. The van der Waals surface area contributed by atoms with Gasteiger partial charge in [-0.05, 0) is 36.5 Å². The van der Waals surface area contributed by atoms with Crippen LogP contribution in [-0.4, -0.2) is 49.6 Å². The Kier molecular flexibility index (Phi) is 7.02. The molecule has 1 aromatic rings. The Morgan fingerprint density at radius 3 is 2.50 bits per heavy atom. The lowest BCUT2D eigenvalue weighted by molar-refractivity contribution is -0.115. The second-order valence-corrected chi connectivity index (χ2v) is 7.66. The molecule has 0 spiro atoms. The molecule has 1 saturated heterocycles. The highest BCUT2D eigenvalue weighted by molar-refractivity contribution is 9.10. The number of ether oxygens (including phenoxy) is 1. The van der Waals surface area contributed by atoms with Crippen LogP contribution in [0.2, 0.25) is 0 Å². The van der Waals surface area contributed by atoms with Crippen LogP contribution in [0.4, 0.5) is 10.5 Å². The number of piperidine rings is 1. The molecule has 2 N–H and O–H groups in total. The van der Waals surface area contributed by atoms with Gasteiger partial charge in [0.2, 0.25) is 5.91 Å². The Bertz CT molecular complexity index is 685. The molecule has 1 aliphatic heterocycles. The summed E-state index contributed by atoms with van der Waals surface area (Å²) in [6.07, 6.45) is 0.411. The average molecular weight is 426 g/mol. The van der Waals surface area contributed by atoms with Gasteiger partial charge in [-0.3, -0.25) is 9.59 Å². The SMILES string of the molecule is COC(=O)NCC(=O)Nc1ccc(Br)cc1C(=O)N1C[C@H](C)C[C@H](C)C1. The van der Waals surface area contributed by atoms with Gasteiger partial charge < -0.3 is 20.3 Å². The third kappa shape index (κ3) is 5.45. The number of amides is 3. The van der Waals surface area contributed by atoms with Crippen LogP contribution >= 0.6 is 15.9 Å². The van der Waals surface area contributed by atoms with Crippen LogP contribution < -0.4 is 10.6 Å². The van der Waals surface area contributed by atoms with Crippen LogP contribution in [0, 0.1) is 11.8 Å². The molecule has 1 fully saturated rings. The van der Waals surface area contributed by atoms with Crippen molar-refractivity contribution < 1.29 is 19.1 Å². The maximum atomic E-state index is 13.0. The maximum absolute atomic E-state index is 13.0. The zero-order chi connectivity index (χ0) is 19.3. The molecule has 7 nitrogen and oxygen atoms in total. The van der Waals surface area contributed by atoms with E-state index in [0.29, 0.717) is 36.2 Å². The third-order valence-electron chi connectivity index (χ3n) is 4.22. The van der Waals surface area contributed by atoms with Crippen molar-refractivity contribution in [2.75, 3.05) is 32.1 Å². The van der Waals surface area contributed by atoms with Crippen LogP contribution in [0.25, 0.3) is 0 Å². The first-order chi connectivity index (χ1) is 12.3. The predicted molar refractivity (Wildman–Crippen MR) is 102 cm³/mol. The number of hydrogen-bond acceptors (Lipinski definition) is 4. The van der Waals surface area contributed by atoms with Crippen molar-refractivity contribution in [3.05, 3.63) is 28.2 Å². The van der Waals surface area contributed by atoms with E-state index in [9.17, 15) is 14.4 Å². The molecular formula is C18H24BrN3O4. The minimum atomic E-state index is -0.691. The first kappa shape index (κ1) is 20.2. The molecule has 2 rings (SSSR count). The zero-order valence-electron chi connectivity index (χ0n) is 15.2. The molecule has 0 aromatic heterocycles. The zero-order valence-corrected chi connectivity index (χ0v) is 16.8. The lowest BCUT2D eigenvalue weighted by Gasteiger charge is -2.35. The van der Waals surface area contributed by atoms with E-state index in [1.54, 1.807) is 18.2 Å². The summed E-state index contributed by atoms with van der Waals surface area (Å²) in [6, 6.07) is 5.13. The van der Waals surface area contributed by atoms with E-state index in [0.717, 1.165) is 10.9 Å². The van der Waals surface area contributed by atoms with Crippen LogP contribution in [0.5, 0.6) is 0 Å². The minimum absolute atomic E-state index is 0.110. The van der Waals surface area contributed by atoms with Crippen molar-refractivity contribution in [2.24, 2.45) is 11.8 Å². The first-order valence-corrected chi connectivity index (χ1v) is 9.30. The van der Waals surface area contributed by atoms with Gasteiger partial charge in [0.05, 0.1) is 18.4 Å². The topological polar surface area (TPSA) is 87.7 Å². The molecule has 8 heteroatoms. The highest BCUT2D eigenvalue weighted by atomic mass is 79.9. The number of nitrogens with zero attached hydrogens (tertiary/aromatic N) is 1. The Labute approximate surface area is 161 Å². The van der Waals surface area contributed by atoms with E-state index < -0.39 is 12.0 Å². The molecule has 0 aliphatic carbocycles. The summed E-state index contributed by atoms with van der Waals surface area (Å²) in [5, 5.41) is 4.99. The molecular weight excluding hydrogens is 402 g/mol. The predicted octanol–water partition coefficient (Wildman–Crippen LogP) is 2.86. The summed E-state index contributed by atoms with van der Waals surface area (Å²) in [7, 11) is 1.22. The third-order valence-corrected chi connectivity index (χ3v) is 4.71. The van der Waals surface area contributed by atoms with Gasteiger partial charge >= 0.3 is 6.09 Å². The Morgan fingerprint density at radius 2 is 1.88 bits per heavy atom. The average Bonchev–Trinajstić information content (AvgIpc) is 2.59. The summed E-state index contributed by atoms with van der Waals surface area (Å²) in [4.78, 5) is 38.0. The summed E-state index contributed by atoms with van der Waals surface area (Å²) in [5.41, 5.74) is 0.841. The Hall–Kier alpha value is -2.09. The van der Waals surface area contributed by atoms with Crippen LogP contribution in [-0.2, 0) is 9.53 Å². The van der Waals surface area contributed by atoms with Crippen LogP contribution in [0.1, 0.15) is 30.6 Å². The smallest absolute Gasteiger partial charge is 0.407 e. The number of hydrogen-bond donors (Lipinski definition) is 2. The van der Waals surface area contributed by atoms with Gasteiger partial charge in [-0.2, -0.15) is 0 Å². The van der Waals surface area contributed by atoms with Crippen molar-refractivity contribution in [2.45, 2.75) is 20.3 Å². The van der Waals surface area contributed by atoms with Crippen LogP contribution in [0.3, 0.4) is 0 Å². The molecule has 2 atom stereocenters. The number of methoxy groups -OCH3 is 1. The number of carbonyl (C=O) groups is 3. The van der Waals surface area contributed by atoms with Crippen molar-refractivity contribution in [3.8, 4) is 0 Å². The number of likely N-dealkylation sites (tertiary alicyclic amines) is 1. The lowest BCUT2D eigenvalue weighted by Crippen LogP contribution is -2.43. The van der Waals surface area contributed by atoms with Crippen molar-refractivity contribution in [1.29, 1.82) is 0 Å². The number of alkyl carbamates (subject to hydrolysis) is 1. The van der Waals surface area contributed by atoms with Gasteiger partial charge in [0.1, 0.15) is 6.54 Å². The molecule has 1 aromatic carbocycles. The summed E-state index contributed by atoms with van der Waals surface area (Å²) in [5.74, 6) is 0.336. The van der Waals surface area contributed by atoms with Gasteiger partial charge in [-0.25, -0.2) is 4.79 Å². The molecule has 0 unspecified atom stereocenters. The monoisotopic (exact) mass is 425 g/mol. The summed E-state index contributed by atoms with van der Waals surface area (Å²) >= 11 is 3.38. The van der Waals surface area contributed by atoms with Gasteiger partial charge in [0, 0.05) is 17.6 Å². The molecule has 26 heavy (non-hydrogen) atoms. The minimum Gasteiger partial charge on any atom is -0.453 e. The summed E-state index contributed by atoms with van der Waals surface area (Å²) in [6.45, 7) is 5.43. The molecule has 142 valence electrons. The van der Waals surface area contributed by atoms with Gasteiger partial charge in [-0.15, -0.1) is 0 Å². The van der Waals surface area contributed by atoms with Crippen molar-refractivity contribution in [1.82, 2.24) is 10.2 Å². The Balaban J connectivity index is 2.15. The van der Waals surface area contributed by atoms with Crippen molar-refractivity contribution in [3.63, 3.8) is 0 Å². The van der Waals surface area contributed by atoms with E-state index in [2.05, 4.69) is 45.1 Å². The van der Waals surface area contributed by atoms with E-state index in [1.807, 2.05) is 4.90 Å². The number of nitrogens with one attached hydrogen (secondary N) is 2. The number of benzene rings is 1. The van der Waals surface area contributed by atoms with Gasteiger partial charge in [-0.1, -0.05) is 29.8 Å². The van der Waals surface area contributed by atoms with Crippen molar-refractivity contribution >= 4 is 39.5 Å². The van der Waals surface area contributed by atoms with E-state index in [-0.39, 0.29) is 12.5 Å². The molecule has 0 saturated carbocycles. The second kappa shape index (κ2) is 9.02. The van der Waals surface area contributed by atoms with Gasteiger partial charge in [0.15, 0.2) is 0 Å². The largest absolute Gasteiger partial charge is 0.453 e. The fraction of sp³-hybridized carbons (Fsp3) is 0.500. The second-order valence-electron chi connectivity index (χ2n) is 6.74. The fourth-order valence-electron chi connectivity index (χ4n) is 3.22. The first-order valence-electron chi connectivity index (χ1n) is 8.50. The normalized spacial score (nSPS) is 19.6.